The van der Waals surface area contributed by atoms with Gasteiger partial charge < -0.3 is 4.74 Å². The number of aryl methyl sites for hydroxylation is 1. The van der Waals surface area contributed by atoms with Crippen LogP contribution in [-0.2, 0) is 10.9 Å². The van der Waals surface area contributed by atoms with Gasteiger partial charge >= 0.3 is 6.18 Å². The van der Waals surface area contributed by atoms with Crippen LogP contribution in [0.25, 0.3) is 5.76 Å². The Morgan fingerprint density at radius 2 is 1.84 bits per heavy atom. The van der Waals surface area contributed by atoms with Crippen LogP contribution in [0.5, 0.6) is 0 Å². The molecule has 0 bridgehead atoms. The number of alkyl halides is 3. The SMILES string of the molecule is CC.CC/C=C(\OC)c1ccc(C(F)(F)F)cc1C. The summed E-state index contributed by atoms with van der Waals surface area (Å²) in [4.78, 5) is 0. The minimum atomic E-state index is -4.30. The zero-order valence-electron chi connectivity index (χ0n) is 12.1. The molecule has 0 aliphatic heterocycles. The lowest BCUT2D eigenvalue weighted by molar-refractivity contribution is -0.137. The molecule has 0 aliphatic rings. The van der Waals surface area contributed by atoms with Crippen molar-refractivity contribution >= 4 is 5.76 Å². The molecule has 0 amide bonds. The molecule has 0 fully saturated rings. The summed E-state index contributed by atoms with van der Waals surface area (Å²) in [6.07, 6.45) is -1.69. The molecule has 1 aromatic rings. The quantitative estimate of drug-likeness (QED) is 0.667. The second-order valence-corrected chi connectivity index (χ2v) is 3.71. The van der Waals surface area contributed by atoms with E-state index in [4.69, 9.17) is 4.74 Å². The molecule has 19 heavy (non-hydrogen) atoms. The van der Waals surface area contributed by atoms with Crippen molar-refractivity contribution in [1.29, 1.82) is 0 Å². The molecular formula is C15H21F3O. The Balaban J connectivity index is 0.00000154. The van der Waals surface area contributed by atoms with E-state index in [1.54, 1.807) is 6.92 Å². The van der Waals surface area contributed by atoms with E-state index >= 15 is 0 Å². The summed E-state index contributed by atoms with van der Waals surface area (Å²) < 4.78 is 42.6. The van der Waals surface area contributed by atoms with Crippen LogP contribution in [0.4, 0.5) is 13.2 Å². The first-order valence-corrected chi connectivity index (χ1v) is 6.32. The van der Waals surface area contributed by atoms with Gasteiger partial charge in [-0.3, -0.25) is 0 Å². The van der Waals surface area contributed by atoms with E-state index < -0.39 is 11.7 Å². The Labute approximate surface area is 113 Å². The summed E-state index contributed by atoms with van der Waals surface area (Å²) in [5, 5.41) is 0. The van der Waals surface area contributed by atoms with E-state index in [-0.39, 0.29) is 0 Å². The molecule has 1 aromatic carbocycles. The normalized spacial score (nSPS) is 11.7. The van der Waals surface area contributed by atoms with Crippen molar-refractivity contribution in [3.8, 4) is 0 Å². The summed E-state index contributed by atoms with van der Waals surface area (Å²) in [6.45, 7) is 7.59. The van der Waals surface area contributed by atoms with Gasteiger partial charge in [0.05, 0.1) is 12.7 Å². The van der Waals surface area contributed by atoms with Crippen molar-refractivity contribution in [3.05, 3.63) is 41.0 Å². The summed E-state index contributed by atoms with van der Waals surface area (Å²) in [6, 6.07) is 3.66. The Hall–Kier alpha value is -1.45. The maximum Gasteiger partial charge on any atom is 0.416 e. The zero-order chi connectivity index (χ0) is 15.1. The first-order chi connectivity index (χ1) is 8.90. The smallest absolute Gasteiger partial charge is 0.416 e. The van der Waals surface area contributed by atoms with Crippen LogP contribution in [-0.4, -0.2) is 7.11 Å². The Kier molecular flexibility index (Phi) is 7.27. The summed E-state index contributed by atoms with van der Waals surface area (Å²) in [5.41, 5.74) is 0.620. The van der Waals surface area contributed by atoms with Crippen molar-refractivity contribution in [3.63, 3.8) is 0 Å². The van der Waals surface area contributed by atoms with Crippen molar-refractivity contribution in [2.24, 2.45) is 0 Å². The molecule has 0 N–H and O–H groups in total. The maximum absolute atomic E-state index is 12.5. The molecule has 0 radical (unpaired) electrons. The monoisotopic (exact) mass is 274 g/mol. The van der Waals surface area contributed by atoms with Gasteiger partial charge in [0.1, 0.15) is 5.76 Å². The van der Waals surface area contributed by atoms with Gasteiger partial charge in [0, 0.05) is 5.56 Å². The van der Waals surface area contributed by atoms with Crippen molar-refractivity contribution < 1.29 is 17.9 Å². The number of ether oxygens (including phenoxy) is 1. The molecule has 0 aliphatic carbocycles. The minimum absolute atomic E-state index is 0.557. The molecule has 0 aromatic heterocycles. The topological polar surface area (TPSA) is 9.23 Å². The number of rotatable bonds is 3. The predicted octanol–water partition coefficient (Wildman–Crippen LogP) is 5.44. The number of halogens is 3. The number of hydrogen-bond donors (Lipinski definition) is 0. The second-order valence-electron chi connectivity index (χ2n) is 3.71. The van der Waals surface area contributed by atoms with Gasteiger partial charge in [-0.1, -0.05) is 26.8 Å². The third kappa shape index (κ3) is 4.97. The molecule has 1 nitrogen and oxygen atoms in total. The van der Waals surface area contributed by atoms with Crippen LogP contribution < -0.4 is 0 Å². The van der Waals surface area contributed by atoms with Gasteiger partial charge in [-0.2, -0.15) is 13.2 Å². The highest BCUT2D eigenvalue weighted by Gasteiger charge is 2.30. The third-order valence-corrected chi connectivity index (χ3v) is 2.43. The fourth-order valence-electron chi connectivity index (χ4n) is 1.61. The molecule has 0 saturated carbocycles. The highest BCUT2D eigenvalue weighted by atomic mass is 19.4. The lowest BCUT2D eigenvalue weighted by atomic mass is 10.0. The van der Waals surface area contributed by atoms with E-state index in [0.717, 1.165) is 18.6 Å². The van der Waals surface area contributed by atoms with Crippen molar-refractivity contribution in [2.45, 2.75) is 40.3 Å². The van der Waals surface area contributed by atoms with Gasteiger partial charge in [0.2, 0.25) is 0 Å². The van der Waals surface area contributed by atoms with Crippen LogP contribution in [0, 0.1) is 6.92 Å². The van der Waals surface area contributed by atoms with Gasteiger partial charge in [-0.25, -0.2) is 0 Å². The number of allylic oxidation sites excluding steroid dienone is 1. The van der Waals surface area contributed by atoms with Crippen LogP contribution in [0.15, 0.2) is 24.3 Å². The molecule has 0 saturated heterocycles. The average molecular weight is 274 g/mol. The molecule has 108 valence electrons. The van der Waals surface area contributed by atoms with Gasteiger partial charge in [-0.15, -0.1) is 0 Å². The molecule has 1 rings (SSSR count). The fraction of sp³-hybridized carbons (Fsp3) is 0.467. The van der Waals surface area contributed by atoms with E-state index in [2.05, 4.69) is 0 Å². The molecule has 0 unspecified atom stereocenters. The average Bonchev–Trinajstić information content (AvgIpc) is 2.37. The molecule has 0 atom stereocenters. The van der Waals surface area contributed by atoms with Gasteiger partial charge in [0.15, 0.2) is 0 Å². The Morgan fingerprint density at radius 3 is 2.21 bits per heavy atom. The first-order valence-electron chi connectivity index (χ1n) is 6.32. The zero-order valence-corrected chi connectivity index (χ0v) is 12.1. The second kappa shape index (κ2) is 7.87. The van der Waals surface area contributed by atoms with Gasteiger partial charge in [0.25, 0.3) is 0 Å². The Bertz CT molecular complexity index is 420. The van der Waals surface area contributed by atoms with Crippen molar-refractivity contribution in [1.82, 2.24) is 0 Å². The van der Waals surface area contributed by atoms with E-state index in [1.165, 1.54) is 13.2 Å². The standard InChI is InChI=1S/C13H15F3O.C2H6/c1-4-5-12(17-3)11-7-6-10(8-9(11)2)13(14,15)16;1-2/h5-8H,4H2,1-3H3;1-2H3/b12-5-;. The Morgan fingerprint density at radius 1 is 1.26 bits per heavy atom. The highest BCUT2D eigenvalue weighted by Crippen LogP contribution is 2.32. The number of methoxy groups -OCH3 is 1. The lowest BCUT2D eigenvalue weighted by Gasteiger charge is -2.12. The maximum atomic E-state index is 12.5. The van der Waals surface area contributed by atoms with Crippen LogP contribution in [0.1, 0.15) is 43.9 Å². The number of hydrogen-bond acceptors (Lipinski definition) is 1. The van der Waals surface area contributed by atoms with Gasteiger partial charge in [-0.05, 0) is 37.1 Å². The fourth-order valence-corrected chi connectivity index (χ4v) is 1.61. The molecule has 0 spiro atoms. The number of benzene rings is 1. The van der Waals surface area contributed by atoms with Crippen LogP contribution in [0.3, 0.4) is 0 Å². The molecule has 4 heteroatoms. The van der Waals surface area contributed by atoms with E-state index in [0.29, 0.717) is 16.9 Å². The lowest BCUT2D eigenvalue weighted by Crippen LogP contribution is -2.06. The van der Waals surface area contributed by atoms with Crippen molar-refractivity contribution in [2.75, 3.05) is 7.11 Å². The third-order valence-electron chi connectivity index (χ3n) is 2.43. The van der Waals surface area contributed by atoms with E-state index in [9.17, 15) is 13.2 Å². The highest BCUT2D eigenvalue weighted by molar-refractivity contribution is 5.63. The van der Waals surface area contributed by atoms with Crippen LogP contribution in [0.2, 0.25) is 0 Å². The predicted molar refractivity (Wildman–Crippen MR) is 72.8 cm³/mol. The summed E-state index contributed by atoms with van der Waals surface area (Å²) >= 11 is 0. The van der Waals surface area contributed by atoms with Crippen LogP contribution >= 0.6 is 0 Å². The largest absolute Gasteiger partial charge is 0.496 e. The summed E-state index contributed by atoms with van der Waals surface area (Å²) in [5.74, 6) is 0.610. The minimum Gasteiger partial charge on any atom is -0.496 e. The molecule has 0 heterocycles. The first kappa shape index (κ1) is 17.6. The summed E-state index contributed by atoms with van der Waals surface area (Å²) in [7, 11) is 1.51. The molecular weight excluding hydrogens is 253 g/mol. The van der Waals surface area contributed by atoms with E-state index in [1.807, 2.05) is 26.8 Å².